The minimum atomic E-state index is -0.703. The summed E-state index contributed by atoms with van der Waals surface area (Å²) in [5.74, 6) is -1.03. The van der Waals surface area contributed by atoms with Gasteiger partial charge < -0.3 is 9.52 Å². The van der Waals surface area contributed by atoms with Crippen LogP contribution in [0.4, 0.5) is 4.39 Å². The van der Waals surface area contributed by atoms with Crippen molar-refractivity contribution >= 4 is 5.78 Å². The monoisotopic (exact) mass is 290 g/mol. The van der Waals surface area contributed by atoms with E-state index in [0.717, 1.165) is 11.8 Å². The lowest BCUT2D eigenvalue weighted by molar-refractivity contribution is 0.0975. The second-order valence-electron chi connectivity index (χ2n) is 4.78. The number of aromatic hydroxyl groups is 1. The highest BCUT2D eigenvalue weighted by molar-refractivity contribution is 5.97. The molecule has 0 fully saturated rings. The zero-order valence-electron chi connectivity index (χ0n) is 11.6. The maximum absolute atomic E-state index is 12.8. The summed E-state index contributed by atoms with van der Waals surface area (Å²) in [7, 11) is 0. The van der Waals surface area contributed by atoms with Crippen molar-refractivity contribution in [3.05, 3.63) is 63.5 Å². The third-order valence-corrected chi connectivity index (χ3v) is 3.22. The average molecular weight is 290 g/mol. The molecule has 0 amide bonds. The summed E-state index contributed by atoms with van der Waals surface area (Å²) in [6, 6.07) is 6.05. The Morgan fingerprint density at radius 3 is 2.62 bits per heavy atom. The van der Waals surface area contributed by atoms with Gasteiger partial charge in [-0.05, 0) is 37.5 Å². The van der Waals surface area contributed by atoms with Crippen LogP contribution in [0.25, 0.3) is 0 Å². The molecule has 0 atom stereocenters. The van der Waals surface area contributed by atoms with Gasteiger partial charge in [0.1, 0.15) is 23.4 Å². The first-order valence-corrected chi connectivity index (χ1v) is 6.58. The maximum Gasteiger partial charge on any atom is 0.237 e. The lowest BCUT2D eigenvalue weighted by atomic mass is 10.0. The third kappa shape index (κ3) is 3.56. The molecular weight excluding hydrogens is 275 g/mol. The Balaban J connectivity index is 2.01. The van der Waals surface area contributed by atoms with E-state index in [0.29, 0.717) is 12.8 Å². The summed E-state index contributed by atoms with van der Waals surface area (Å²) >= 11 is 0. The van der Waals surface area contributed by atoms with Gasteiger partial charge in [-0.1, -0.05) is 12.1 Å². The van der Waals surface area contributed by atoms with E-state index >= 15 is 0 Å². The van der Waals surface area contributed by atoms with E-state index in [1.165, 1.54) is 19.1 Å². The quantitative estimate of drug-likeness (QED) is 0.860. The summed E-state index contributed by atoms with van der Waals surface area (Å²) in [6.07, 6.45) is 2.22. The fourth-order valence-corrected chi connectivity index (χ4v) is 2.10. The lowest BCUT2D eigenvalue weighted by Crippen LogP contribution is -2.16. The highest BCUT2D eigenvalue weighted by Gasteiger charge is 2.17. The van der Waals surface area contributed by atoms with E-state index in [9.17, 15) is 19.1 Å². The molecule has 0 aliphatic rings. The molecule has 0 unspecified atom stereocenters. The van der Waals surface area contributed by atoms with E-state index in [4.69, 9.17) is 4.42 Å². The Morgan fingerprint density at radius 1 is 1.29 bits per heavy atom. The van der Waals surface area contributed by atoms with Gasteiger partial charge in [-0.2, -0.15) is 0 Å². The Bertz CT molecular complexity index is 701. The number of benzene rings is 1. The Morgan fingerprint density at radius 2 is 1.95 bits per heavy atom. The Kier molecular flexibility index (Phi) is 4.52. The number of carbonyl (C=O) groups is 1. The molecule has 0 saturated heterocycles. The molecule has 0 bridgehead atoms. The number of hydrogen-bond donors (Lipinski definition) is 1. The van der Waals surface area contributed by atoms with Gasteiger partial charge in [0.15, 0.2) is 11.5 Å². The van der Waals surface area contributed by atoms with Crippen LogP contribution in [0.2, 0.25) is 0 Å². The normalized spacial score (nSPS) is 10.6. The SMILES string of the molecule is Cc1occ(O)c(=O)c1C(=O)CCCc1ccc(F)cc1. The maximum atomic E-state index is 12.8. The fourth-order valence-electron chi connectivity index (χ4n) is 2.10. The van der Waals surface area contributed by atoms with Crippen molar-refractivity contribution < 1.29 is 18.7 Å². The van der Waals surface area contributed by atoms with Crippen LogP contribution < -0.4 is 5.43 Å². The van der Waals surface area contributed by atoms with Gasteiger partial charge in [-0.15, -0.1) is 0 Å². The van der Waals surface area contributed by atoms with Crippen LogP contribution in [-0.2, 0) is 6.42 Å². The van der Waals surface area contributed by atoms with Crippen molar-refractivity contribution in [2.75, 3.05) is 0 Å². The zero-order valence-corrected chi connectivity index (χ0v) is 11.6. The van der Waals surface area contributed by atoms with Gasteiger partial charge in [-0.25, -0.2) is 4.39 Å². The fraction of sp³-hybridized carbons (Fsp3) is 0.250. The molecule has 5 heteroatoms. The second kappa shape index (κ2) is 6.35. The Hall–Kier alpha value is -2.43. The van der Waals surface area contributed by atoms with Crippen molar-refractivity contribution in [2.24, 2.45) is 0 Å². The molecule has 0 radical (unpaired) electrons. The smallest absolute Gasteiger partial charge is 0.237 e. The molecule has 1 heterocycles. The molecule has 2 rings (SSSR count). The van der Waals surface area contributed by atoms with Crippen LogP contribution in [0.5, 0.6) is 5.75 Å². The van der Waals surface area contributed by atoms with Crippen LogP contribution in [0.3, 0.4) is 0 Å². The van der Waals surface area contributed by atoms with Crippen molar-refractivity contribution in [3.63, 3.8) is 0 Å². The molecule has 21 heavy (non-hydrogen) atoms. The van der Waals surface area contributed by atoms with Crippen LogP contribution in [-0.4, -0.2) is 10.9 Å². The van der Waals surface area contributed by atoms with E-state index < -0.39 is 11.2 Å². The number of halogens is 1. The molecule has 0 spiro atoms. The summed E-state index contributed by atoms with van der Waals surface area (Å²) in [5.41, 5.74) is 0.114. The molecule has 0 saturated carbocycles. The topological polar surface area (TPSA) is 67.5 Å². The molecule has 2 aromatic rings. The van der Waals surface area contributed by atoms with Gasteiger partial charge in [0.25, 0.3) is 0 Å². The van der Waals surface area contributed by atoms with Crippen molar-refractivity contribution in [1.29, 1.82) is 0 Å². The van der Waals surface area contributed by atoms with Gasteiger partial charge in [0, 0.05) is 6.42 Å². The third-order valence-electron chi connectivity index (χ3n) is 3.22. The number of aryl methyl sites for hydroxylation is 2. The highest BCUT2D eigenvalue weighted by Crippen LogP contribution is 2.13. The molecule has 4 nitrogen and oxygen atoms in total. The highest BCUT2D eigenvalue weighted by atomic mass is 19.1. The lowest BCUT2D eigenvalue weighted by Gasteiger charge is -2.04. The number of ketones is 1. The van der Waals surface area contributed by atoms with E-state index in [2.05, 4.69) is 0 Å². The molecule has 1 aromatic heterocycles. The summed E-state index contributed by atoms with van der Waals surface area (Å²) < 4.78 is 17.7. The molecule has 110 valence electrons. The summed E-state index contributed by atoms with van der Waals surface area (Å²) in [6.45, 7) is 1.51. The number of carbonyl (C=O) groups excluding carboxylic acids is 1. The van der Waals surface area contributed by atoms with E-state index in [1.54, 1.807) is 12.1 Å². The molecule has 0 aliphatic heterocycles. The van der Waals surface area contributed by atoms with Gasteiger partial charge in [0.2, 0.25) is 5.43 Å². The van der Waals surface area contributed by atoms with E-state index in [1.807, 2.05) is 0 Å². The van der Waals surface area contributed by atoms with Crippen molar-refractivity contribution in [2.45, 2.75) is 26.2 Å². The van der Waals surface area contributed by atoms with Crippen LogP contribution in [0.15, 0.2) is 39.7 Å². The first kappa shape index (κ1) is 15.0. The van der Waals surface area contributed by atoms with Gasteiger partial charge >= 0.3 is 0 Å². The first-order chi connectivity index (χ1) is 9.99. The molecular formula is C16H15FO4. The first-order valence-electron chi connectivity index (χ1n) is 6.58. The van der Waals surface area contributed by atoms with E-state index in [-0.39, 0.29) is 29.3 Å². The zero-order chi connectivity index (χ0) is 15.4. The van der Waals surface area contributed by atoms with Crippen LogP contribution in [0, 0.1) is 12.7 Å². The predicted octanol–water partition coefficient (Wildman–Crippen LogP) is 3.00. The number of Topliss-reactive ketones (excluding diaryl/α,β-unsaturated/α-hetero) is 1. The summed E-state index contributed by atoms with van der Waals surface area (Å²) in [5, 5.41) is 9.31. The predicted molar refractivity (Wildman–Crippen MR) is 75.0 cm³/mol. The van der Waals surface area contributed by atoms with Crippen LogP contribution >= 0.6 is 0 Å². The number of rotatable bonds is 5. The summed E-state index contributed by atoms with van der Waals surface area (Å²) in [4.78, 5) is 23.8. The van der Waals surface area contributed by atoms with Gasteiger partial charge in [-0.3, -0.25) is 9.59 Å². The minimum absolute atomic E-state index is 0.103. The molecule has 0 aliphatic carbocycles. The standard InChI is InChI=1S/C16H15FO4/c1-10-15(16(20)14(19)9-21-10)13(18)4-2-3-11-5-7-12(17)8-6-11/h5-9,19H,2-4H2,1H3. The second-order valence-corrected chi connectivity index (χ2v) is 4.78. The largest absolute Gasteiger partial charge is 0.502 e. The number of hydrogen-bond acceptors (Lipinski definition) is 4. The Labute approximate surface area is 120 Å². The molecule has 1 aromatic carbocycles. The van der Waals surface area contributed by atoms with Gasteiger partial charge in [0.05, 0.1) is 0 Å². The molecule has 1 N–H and O–H groups in total. The average Bonchev–Trinajstić information content (AvgIpc) is 2.45. The minimum Gasteiger partial charge on any atom is -0.502 e. The van der Waals surface area contributed by atoms with Crippen molar-refractivity contribution in [3.8, 4) is 5.75 Å². The van der Waals surface area contributed by atoms with Crippen LogP contribution in [0.1, 0.15) is 34.5 Å². The van der Waals surface area contributed by atoms with Crippen molar-refractivity contribution in [1.82, 2.24) is 0 Å².